The molecule has 2 aromatic rings. The molecule has 2 heterocycles. The lowest BCUT2D eigenvalue weighted by Gasteiger charge is -2.50. The summed E-state index contributed by atoms with van der Waals surface area (Å²) in [5, 5.41) is 5.77. The normalized spacial score (nSPS) is 20.2. The van der Waals surface area contributed by atoms with E-state index >= 15 is 0 Å². The Hall–Kier alpha value is -2.44. The number of rotatable bonds is 3. The number of halogens is 2. The van der Waals surface area contributed by atoms with Crippen LogP contribution in [0.4, 0.5) is 14.7 Å². The van der Waals surface area contributed by atoms with Crippen LogP contribution < -0.4 is 10.6 Å². The third-order valence-electron chi connectivity index (χ3n) is 4.97. The van der Waals surface area contributed by atoms with Crippen molar-refractivity contribution in [2.75, 3.05) is 18.9 Å². The molecule has 2 N–H and O–H groups in total. The van der Waals surface area contributed by atoms with Gasteiger partial charge < -0.3 is 15.2 Å². The summed E-state index contributed by atoms with van der Waals surface area (Å²) in [7, 11) is 1.79. The van der Waals surface area contributed by atoms with Crippen molar-refractivity contribution in [3.63, 3.8) is 0 Å². The topological polar surface area (TPSA) is 59.0 Å². The van der Waals surface area contributed by atoms with E-state index in [4.69, 9.17) is 0 Å². The average molecular weight is 332 g/mol. The summed E-state index contributed by atoms with van der Waals surface area (Å²) in [5.41, 5.74) is 1.58. The van der Waals surface area contributed by atoms with E-state index in [1.165, 1.54) is 0 Å². The van der Waals surface area contributed by atoms with Gasteiger partial charge in [0.25, 0.3) is 5.91 Å². The van der Waals surface area contributed by atoms with E-state index in [1.807, 2.05) is 29.0 Å². The zero-order valence-electron chi connectivity index (χ0n) is 13.3. The number of nitrogens with zero attached hydrogens (tertiary/aromatic N) is 2. The number of carbonyl (C=O) groups excluding carboxylic acids is 1. The van der Waals surface area contributed by atoms with Gasteiger partial charge in [-0.05, 0) is 17.2 Å². The Morgan fingerprint density at radius 3 is 2.88 bits per heavy atom. The molecule has 126 valence electrons. The minimum Gasteiger partial charge on any atom is -0.359 e. The first-order chi connectivity index (χ1) is 11.4. The Morgan fingerprint density at radius 2 is 2.17 bits per heavy atom. The highest BCUT2D eigenvalue weighted by atomic mass is 19.3. The molecular weight excluding hydrogens is 314 g/mol. The lowest BCUT2D eigenvalue weighted by atomic mass is 9.59. The second kappa shape index (κ2) is 5.03. The Labute approximate surface area is 138 Å². The van der Waals surface area contributed by atoms with Gasteiger partial charge in [-0.25, -0.2) is 13.8 Å². The van der Waals surface area contributed by atoms with Gasteiger partial charge in [-0.1, -0.05) is 12.1 Å². The monoisotopic (exact) mass is 332 g/mol. The highest BCUT2D eigenvalue weighted by molar-refractivity contribution is 5.97. The first kappa shape index (κ1) is 15.1. The Bertz CT molecular complexity index is 807. The zero-order valence-corrected chi connectivity index (χ0v) is 13.3. The minimum atomic E-state index is -2.63. The summed E-state index contributed by atoms with van der Waals surface area (Å²) in [4.78, 5) is 16.4. The molecule has 2 aliphatic rings. The lowest BCUT2D eigenvalue weighted by Crippen LogP contribution is -2.58. The van der Waals surface area contributed by atoms with E-state index in [-0.39, 0.29) is 18.7 Å². The van der Waals surface area contributed by atoms with E-state index in [9.17, 15) is 13.6 Å². The van der Waals surface area contributed by atoms with Gasteiger partial charge in [-0.2, -0.15) is 0 Å². The number of amides is 1. The molecule has 0 saturated heterocycles. The van der Waals surface area contributed by atoms with Crippen molar-refractivity contribution in [3.05, 3.63) is 47.3 Å². The van der Waals surface area contributed by atoms with E-state index in [0.717, 1.165) is 17.1 Å². The number of carbonyl (C=O) groups is 1. The number of alkyl halides is 2. The largest absolute Gasteiger partial charge is 0.359 e. The Kier molecular flexibility index (Phi) is 3.16. The van der Waals surface area contributed by atoms with Crippen molar-refractivity contribution in [2.24, 2.45) is 0 Å². The number of hydrogen-bond donors (Lipinski definition) is 2. The molecule has 4 rings (SSSR count). The number of nitrogens with one attached hydrogen (secondary N) is 2. The second-order valence-corrected chi connectivity index (χ2v) is 6.68. The maximum absolute atomic E-state index is 13.4. The van der Waals surface area contributed by atoms with Crippen molar-refractivity contribution in [2.45, 2.75) is 30.7 Å². The van der Waals surface area contributed by atoms with Gasteiger partial charge in [-0.3, -0.25) is 4.79 Å². The molecule has 1 spiro atoms. The van der Waals surface area contributed by atoms with E-state index in [1.54, 1.807) is 13.2 Å². The maximum Gasteiger partial charge on any atom is 0.251 e. The molecular formula is C17H18F2N4O. The molecule has 1 aromatic heterocycles. The standard InChI is InChI=1S/C17H18F2N4O/c1-20-15-21-4-5-23(15)7-11-2-3-13-12(6-11)14(24)22-10-16(13)8-17(18,19)9-16/h2-6H,7-10H2,1H3,(H,20,21)(H,22,24). The number of benzene rings is 1. The molecule has 0 unspecified atom stereocenters. The molecule has 7 heteroatoms. The number of fused-ring (bicyclic) bond motifs is 2. The molecule has 0 bridgehead atoms. The van der Waals surface area contributed by atoms with Crippen molar-refractivity contribution in [1.82, 2.24) is 14.9 Å². The van der Waals surface area contributed by atoms with Gasteiger partial charge >= 0.3 is 0 Å². The molecule has 1 saturated carbocycles. The third kappa shape index (κ3) is 2.26. The SMILES string of the molecule is CNc1nccn1Cc1ccc2c(c1)C(=O)NCC21CC(F)(F)C1. The summed E-state index contributed by atoms with van der Waals surface area (Å²) >= 11 is 0. The van der Waals surface area contributed by atoms with Gasteiger partial charge in [0.15, 0.2) is 0 Å². The predicted molar refractivity (Wildman–Crippen MR) is 85.5 cm³/mol. The average Bonchev–Trinajstić information content (AvgIpc) is 2.96. The lowest BCUT2D eigenvalue weighted by molar-refractivity contribution is -0.126. The van der Waals surface area contributed by atoms with E-state index in [0.29, 0.717) is 18.7 Å². The maximum atomic E-state index is 13.4. The van der Waals surface area contributed by atoms with Crippen LogP contribution in [0.2, 0.25) is 0 Å². The second-order valence-electron chi connectivity index (χ2n) is 6.68. The van der Waals surface area contributed by atoms with Gasteiger partial charge in [0.05, 0.1) is 6.54 Å². The van der Waals surface area contributed by atoms with Gasteiger partial charge in [-0.15, -0.1) is 0 Å². The number of imidazole rings is 1. The molecule has 1 fully saturated rings. The molecule has 1 aliphatic heterocycles. The van der Waals surface area contributed by atoms with Gasteiger partial charge in [0.1, 0.15) is 0 Å². The Balaban J connectivity index is 1.67. The minimum absolute atomic E-state index is 0.188. The van der Waals surface area contributed by atoms with Crippen LogP contribution in [0, 0.1) is 0 Å². The van der Waals surface area contributed by atoms with Crippen molar-refractivity contribution >= 4 is 11.9 Å². The fourth-order valence-electron chi connectivity index (χ4n) is 3.90. The van der Waals surface area contributed by atoms with Crippen LogP contribution in [0.3, 0.4) is 0 Å². The fraction of sp³-hybridized carbons (Fsp3) is 0.412. The van der Waals surface area contributed by atoms with Crippen molar-refractivity contribution < 1.29 is 13.6 Å². The summed E-state index contributed by atoms with van der Waals surface area (Å²) in [6, 6.07) is 5.56. The quantitative estimate of drug-likeness (QED) is 0.907. The van der Waals surface area contributed by atoms with Crippen molar-refractivity contribution in [3.8, 4) is 0 Å². The first-order valence-electron chi connectivity index (χ1n) is 7.91. The number of aromatic nitrogens is 2. The van der Waals surface area contributed by atoms with Crippen LogP contribution in [0.15, 0.2) is 30.6 Å². The van der Waals surface area contributed by atoms with Crippen LogP contribution >= 0.6 is 0 Å². The van der Waals surface area contributed by atoms with Crippen LogP contribution in [0.25, 0.3) is 0 Å². The summed E-state index contributed by atoms with van der Waals surface area (Å²) < 4.78 is 28.8. The zero-order chi connectivity index (χ0) is 16.9. The highest BCUT2D eigenvalue weighted by Gasteiger charge is 2.59. The van der Waals surface area contributed by atoms with Gasteiger partial charge in [0, 0.05) is 49.8 Å². The van der Waals surface area contributed by atoms with E-state index < -0.39 is 11.3 Å². The molecule has 0 atom stereocenters. The summed E-state index contributed by atoms with van der Waals surface area (Å²) in [6.45, 7) is 0.846. The molecule has 0 radical (unpaired) electrons. The predicted octanol–water partition coefficient (Wildman–Crippen LogP) is 2.38. The molecule has 24 heavy (non-hydrogen) atoms. The molecule has 1 amide bonds. The van der Waals surface area contributed by atoms with E-state index in [2.05, 4.69) is 15.6 Å². The number of hydrogen-bond acceptors (Lipinski definition) is 3. The smallest absolute Gasteiger partial charge is 0.251 e. The first-order valence-corrected chi connectivity index (χ1v) is 7.91. The molecule has 5 nitrogen and oxygen atoms in total. The molecule has 1 aromatic carbocycles. The Morgan fingerprint density at radius 1 is 1.38 bits per heavy atom. The van der Waals surface area contributed by atoms with Crippen LogP contribution in [0.5, 0.6) is 0 Å². The highest BCUT2D eigenvalue weighted by Crippen LogP contribution is 2.54. The summed E-state index contributed by atoms with van der Waals surface area (Å²) in [5.74, 6) is -2.09. The van der Waals surface area contributed by atoms with Crippen LogP contribution in [-0.2, 0) is 12.0 Å². The third-order valence-corrected chi connectivity index (χ3v) is 4.97. The van der Waals surface area contributed by atoms with Crippen LogP contribution in [0.1, 0.15) is 34.3 Å². The summed E-state index contributed by atoms with van der Waals surface area (Å²) in [6.07, 6.45) is 3.15. The van der Waals surface area contributed by atoms with Crippen LogP contribution in [-0.4, -0.2) is 35.0 Å². The number of anilines is 1. The van der Waals surface area contributed by atoms with Crippen molar-refractivity contribution in [1.29, 1.82) is 0 Å². The molecule has 1 aliphatic carbocycles. The fourth-order valence-corrected chi connectivity index (χ4v) is 3.90. The van der Waals surface area contributed by atoms with Gasteiger partial charge in [0.2, 0.25) is 11.9 Å².